The van der Waals surface area contributed by atoms with Gasteiger partial charge >= 0.3 is 0 Å². The maximum atomic E-state index is 13.1. The van der Waals surface area contributed by atoms with Crippen LogP contribution in [-0.4, -0.2) is 29.8 Å². The summed E-state index contributed by atoms with van der Waals surface area (Å²) in [5, 5.41) is 3.29. The molecule has 6 heteroatoms. The van der Waals surface area contributed by atoms with Crippen LogP contribution in [-0.2, 0) is 11.3 Å². The molecule has 0 atom stereocenters. The number of nitrogens with one attached hydrogen (secondary N) is 1. The van der Waals surface area contributed by atoms with Gasteiger partial charge in [-0.3, -0.25) is 9.59 Å². The van der Waals surface area contributed by atoms with Crippen LogP contribution in [0.3, 0.4) is 0 Å². The summed E-state index contributed by atoms with van der Waals surface area (Å²) in [5.74, 6) is -0.247. The number of hydrogen-bond acceptors (Lipinski definition) is 3. The Morgan fingerprint density at radius 1 is 1.15 bits per heavy atom. The third-order valence-corrected chi connectivity index (χ3v) is 4.58. The Bertz CT molecular complexity index is 806. The number of benzene rings is 2. The Kier molecular flexibility index (Phi) is 6.99. The van der Waals surface area contributed by atoms with E-state index in [1.807, 2.05) is 32.0 Å². The summed E-state index contributed by atoms with van der Waals surface area (Å²) in [5.41, 5.74) is 7.66. The van der Waals surface area contributed by atoms with Gasteiger partial charge in [-0.05, 0) is 47.9 Å². The highest BCUT2D eigenvalue weighted by atomic mass is 35.5. The smallest absolute Gasteiger partial charge is 0.254 e. The van der Waals surface area contributed by atoms with Gasteiger partial charge in [0.2, 0.25) is 5.91 Å². The molecule has 5 nitrogen and oxygen atoms in total. The van der Waals surface area contributed by atoms with Crippen molar-refractivity contribution in [3.8, 4) is 0 Å². The van der Waals surface area contributed by atoms with Crippen LogP contribution >= 0.6 is 11.6 Å². The van der Waals surface area contributed by atoms with Crippen molar-refractivity contribution in [3.63, 3.8) is 0 Å². The summed E-state index contributed by atoms with van der Waals surface area (Å²) in [4.78, 5) is 26.2. The van der Waals surface area contributed by atoms with E-state index in [4.69, 9.17) is 17.3 Å². The van der Waals surface area contributed by atoms with Gasteiger partial charge in [0, 0.05) is 36.3 Å². The lowest BCUT2D eigenvalue weighted by Crippen LogP contribution is -2.41. The highest BCUT2D eigenvalue weighted by molar-refractivity contribution is 6.31. The topological polar surface area (TPSA) is 75.4 Å². The van der Waals surface area contributed by atoms with Crippen molar-refractivity contribution in [1.82, 2.24) is 4.90 Å². The number of hydrogen-bond donors (Lipinski definition) is 2. The van der Waals surface area contributed by atoms with Gasteiger partial charge in [-0.25, -0.2) is 0 Å². The van der Waals surface area contributed by atoms with Gasteiger partial charge in [0.05, 0.1) is 0 Å². The first-order chi connectivity index (χ1) is 12.7. The number of carbonyl (C=O) groups excluding carboxylic acids is 2. The molecule has 0 fully saturated rings. The van der Waals surface area contributed by atoms with Crippen molar-refractivity contribution in [2.75, 3.05) is 18.4 Å². The number of carbonyl (C=O) groups is 2. The molecule has 2 aromatic rings. The van der Waals surface area contributed by atoms with Gasteiger partial charge in [-0.1, -0.05) is 43.6 Å². The van der Waals surface area contributed by atoms with Crippen LogP contribution in [0, 0.1) is 5.41 Å². The number of nitrogens with two attached hydrogens (primary N) is 1. The Hall–Kier alpha value is -2.37. The molecule has 144 valence electrons. The standard InChI is InChI=1S/C21H26ClN3O2/c1-15(26)24-18-9-10-19(22)17(11-18)12-25(14-21(2,3)13-23)20(27)16-7-5-4-6-8-16/h4-11H,12-14,23H2,1-3H3,(H,24,26). The molecule has 0 aliphatic rings. The van der Waals surface area contributed by atoms with E-state index in [-0.39, 0.29) is 17.2 Å². The lowest BCUT2D eigenvalue weighted by atomic mass is 9.92. The van der Waals surface area contributed by atoms with Crippen molar-refractivity contribution in [1.29, 1.82) is 0 Å². The molecule has 0 heterocycles. The third-order valence-electron chi connectivity index (χ3n) is 4.21. The molecule has 2 rings (SSSR count). The molecular weight excluding hydrogens is 362 g/mol. The third kappa shape index (κ3) is 6.08. The van der Waals surface area contributed by atoms with Crippen LogP contribution in [0.1, 0.15) is 36.7 Å². The number of nitrogens with zero attached hydrogens (tertiary/aromatic N) is 1. The van der Waals surface area contributed by atoms with Crippen LogP contribution < -0.4 is 11.1 Å². The fourth-order valence-electron chi connectivity index (χ4n) is 2.73. The van der Waals surface area contributed by atoms with E-state index in [1.54, 1.807) is 35.2 Å². The van der Waals surface area contributed by atoms with E-state index in [0.29, 0.717) is 35.9 Å². The zero-order valence-corrected chi connectivity index (χ0v) is 16.7. The minimum atomic E-state index is -0.244. The molecule has 0 aliphatic heterocycles. The molecular formula is C21H26ClN3O2. The lowest BCUT2D eigenvalue weighted by Gasteiger charge is -2.32. The van der Waals surface area contributed by atoms with Crippen molar-refractivity contribution in [2.24, 2.45) is 11.1 Å². The summed E-state index contributed by atoms with van der Waals surface area (Å²) in [7, 11) is 0. The zero-order chi connectivity index (χ0) is 20.0. The monoisotopic (exact) mass is 387 g/mol. The molecule has 27 heavy (non-hydrogen) atoms. The SMILES string of the molecule is CC(=O)Nc1ccc(Cl)c(CN(CC(C)(C)CN)C(=O)c2ccccc2)c1. The average molecular weight is 388 g/mol. The quantitative estimate of drug-likeness (QED) is 0.755. The van der Waals surface area contributed by atoms with E-state index in [1.165, 1.54) is 6.92 Å². The first-order valence-electron chi connectivity index (χ1n) is 8.82. The second kappa shape index (κ2) is 9.02. The summed E-state index contributed by atoms with van der Waals surface area (Å²) in [6.07, 6.45) is 0. The first-order valence-corrected chi connectivity index (χ1v) is 9.20. The summed E-state index contributed by atoms with van der Waals surface area (Å²) < 4.78 is 0. The van der Waals surface area contributed by atoms with E-state index in [2.05, 4.69) is 5.32 Å². The molecule has 2 amide bonds. The fourth-order valence-corrected chi connectivity index (χ4v) is 2.90. The summed E-state index contributed by atoms with van der Waals surface area (Å²) in [6.45, 7) is 6.75. The predicted molar refractivity (Wildman–Crippen MR) is 110 cm³/mol. The van der Waals surface area contributed by atoms with E-state index < -0.39 is 0 Å². The van der Waals surface area contributed by atoms with Crippen molar-refractivity contribution >= 4 is 29.1 Å². The van der Waals surface area contributed by atoms with Crippen molar-refractivity contribution in [2.45, 2.75) is 27.3 Å². The highest BCUT2D eigenvalue weighted by Gasteiger charge is 2.25. The molecule has 0 spiro atoms. The lowest BCUT2D eigenvalue weighted by molar-refractivity contribution is -0.114. The Balaban J connectivity index is 2.34. The first kappa shape index (κ1) is 20.9. The number of halogens is 1. The molecule has 2 aromatic carbocycles. The summed E-state index contributed by atoms with van der Waals surface area (Å²) in [6, 6.07) is 14.4. The Morgan fingerprint density at radius 2 is 1.81 bits per heavy atom. The van der Waals surface area contributed by atoms with Gasteiger partial charge in [0.15, 0.2) is 0 Å². The van der Waals surface area contributed by atoms with Crippen LogP contribution in [0.5, 0.6) is 0 Å². The molecule has 0 saturated heterocycles. The molecule has 0 bridgehead atoms. The van der Waals surface area contributed by atoms with E-state index in [9.17, 15) is 9.59 Å². The van der Waals surface area contributed by atoms with Crippen molar-refractivity contribution < 1.29 is 9.59 Å². The number of anilines is 1. The van der Waals surface area contributed by atoms with Crippen LogP contribution in [0.25, 0.3) is 0 Å². The van der Waals surface area contributed by atoms with Gasteiger partial charge in [0.1, 0.15) is 0 Å². The minimum absolute atomic E-state index is 0.0851. The van der Waals surface area contributed by atoms with Crippen LogP contribution in [0.15, 0.2) is 48.5 Å². The molecule has 0 aromatic heterocycles. The molecule has 0 saturated carbocycles. The largest absolute Gasteiger partial charge is 0.334 e. The predicted octanol–water partition coefficient (Wildman–Crippen LogP) is 3.93. The van der Waals surface area contributed by atoms with E-state index >= 15 is 0 Å². The van der Waals surface area contributed by atoms with Crippen LogP contribution in [0.4, 0.5) is 5.69 Å². The Labute approximate surface area is 165 Å². The van der Waals surface area contributed by atoms with Crippen LogP contribution in [0.2, 0.25) is 5.02 Å². The second-order valence-corrected chi connectivity index (χ2v) is 7.79. The van der Waals surface area contributed by atoms with Gasteiger partial charge in [0.25, 0.3) is 5.91 Å². The fraction of sp³-hybridized carbons (Fsp3) is 0.333. The Morgan fingerprint density at radius 3 is 2.41 bits per heavy atom. The normalized spacial score (nSPS) is 11.1. The second-order valence-electron chi connectivity index (χ2n) is 7.38. The zero-order valence-electron chi connectivity index (χ0n) is 16.0. The molecule has 0 unspecified atom stereocenters. The van der Waals surface area contributed by atoms with Gasteiger partial charge in [-0.2, -0.15) is 0 Å². The maximum Gasteiger partial charge on any atom is 0.254 e. The number of rotatable bonds is 7. The average Bonchev–Trinajstić information content (AvgIpc) is 2.63. The summed E-state index contributed by atoms with van der Waals surface area (Å²) >= 11 is 6.36. The molecule has 0 aliphatic carbocycles. The number of amides is 2. The van der Waals surface area contributed by atoms with Gasteiger partial charge in [-0.15, -0.1) is 0 Å². The van der Waals surface area contributed by atoms with Gasteiger partial charge < -0.3 is 16.0 Å². The van der Waals surface area contributed by atoms with Crippen molar-refractivity contribution in [3.05, 3.63) is 64.7 Å². The highest BCUT2D eigenvalue weighted by Crippen LogP contribution is 2.25. The van der Waals surface area contributed by atoms with E-state index in [0.717, 1.165) is 5.56 Å². The minimum Gasteiger partial charge on any atom is -0.334 e. The molecule has 0 radical (unpaired) electrons. The maximum absolute atomic E-state index is 13.1. The molecule has 3 N–H and O–H groups in total.